The quantitative estimate of drug-likeness (QED) is 0.840. The average Bonchev–Trinajstić information content (AvgIpc) is 2.81. The van der Waals surface area contributed by atoms with Crippen LogP contribution in [0.3, 0.4) is 0 Å². The van der Waals surface area contributed by atoms with E-state index < -0.39 is 0 Å². The molecule has 0 bridgehead atoms. The van der Waals surface area contributed by atoms with Gasteiger partial charge >= 0.3 is 0 Å². The zero-order valence-electron chi connectivity index (χ0n) is 10.2. The van der Waals surface area contributed by atoms with Gasteiger partial charge in [0.25, 0.3) is 0 Å². The summed E-state index contributed by atoms with van der Waals surface area (Å²) in [4.78, 5) is 2.41. The van der Waals surface area contributed by atoms with Gasteiger partial charge in [-0.25, -0.2) is 0 Å². The van der Waals surface area contributed by atoms with Gasteiger partial charge in [-0.15, -0.1) is 0 Å². The number of fused-ring (bicyclic) bond motifs is 1. The Morgan fingerprint density at radius 2 is 2.12 bits per heavy atom. The Morgan fingerprint density at radius 3 is 2.88 bits per heavy atom. The van der Waals surface area contributed by atoms with E-state index in [1.165, 1.54) is 29.7 Å². The van der Waals surface area contributed by atoms with Crippen LogP contribution in [0.25, 0.3) is 0 Å². The van der Waals surface area contributed by atoms with E-state index in [1.54, 1.807) is 0 Å². The van der Waals surface area contributed by atoms with Gasteiger partial charge in [0.15, 0.2) is 0 Å². The minimum absolute atomic E-state index is 0.575. The van der Waals surface area contributed by atoms with Crippen molar-refractivity contribution in [2.45, 2.75) is 18.8 Å². The van der Waals surface area contributed by atoms with Crippen molar-refractivity contribution in [2.24, 2.45) is 5.73 Å². The zero-order chi connectivity index (χ0) is 11.7. The van der Waals surface area contributed by atoms with Gasteiger partial charge in [0.2, 0.25) is 0 Å². The predicted octanol–water partition coefficient (Wildman–Crippen LogP) is 1.51. The number of aryl methyl sites for hydroxylation is 1. The molecule has 2 N–H and O–H groups in total. The summed E-state index contributed by atoms with van der Waals surface area (Å²) in [6.45, 7) is 4.48. The van der Waals surface area contributed by atoms with Gasteiger partial charge in [-0.3, -0.25) is 0 Å². The van der Waals surface area contributed by atoms with Crippen molar-refractivity contribution in [1.29, 1.82) is 0 Å². The first-order valence-corrected chi connectivity index (χ1v) is 6.54. The Labute approximate surface area is 103 Å². The van der Waals surface area contributed by atoms with E-state index in [0.717, 1.165) is 32.8 Å². The lowest BCUT2D eigenvalue weighted by atomic mass is 10.0. The van der Waals surface area contributed by atoms with Gasteiger partial charge in [-0.1, -0.05) is 6.07 Å². The highest BCUT2D eigenvalue weighted by atomic mass is 16.5. The highest BCUT2D eigenvalue weighted by Gasteiger charge is 2.22. The summed E-state index contributed by atoms with van der Waals surface area (Å²) in [5, 5.41) is 0. The highest BCUT2D eigenvalue weighted by molar-refractivity contribution is 5.53. The van der Waals surface area contributed by atoms with E-state index in [1.807, 2.05) is 0 Å². The summed E-state index contributed by atoms with van der Waals surface area (Å²) in [7, 11) is 0. The molecule has 1 aliphatic carbocycles. The second kappa shape index (κ2) is 4.67. The van der Waals surface area contributed by atoms with Gasteiger partial charge < -0.3 is 15.4 Å². The molecule has 3 rings (SSSR count). The number of ether oxygens (including phenoxy) is 1. The Morgan fingerprint density at radius 1 is 1.29 bits per heavy atom. The molecule has 0 saturated carbocycles. The molecule has 3 nitrogen and oxygen atoms in total. The minimum Gasteiger partial charge on any atom is -0.378 e. The van der Waals surface area contributed by atoms with E-state index in [4.69, 9.17) is 10.5 Å². The summed E-state index contributed by atoms with van der Waals surface area (Å²) >= 11 is 0. The maximum atomic E-state index is 5.84. The van der Waals surface area contributed by atoms with Crippen molar-refractivity contribution in [3.05, 3.63) is 29.3 Å². The molecule has 3 heteroatoms. The summed E-state index contributed by atoms with van der Waals surface area (Å²) in [5.41, 5.74) is 10.2. The fourth-order valence-electron chi connectivity index (χ4n) is 2.94. The molecule has 1 saturated heterocycles. The largest absolute Gasteiger partial charge is 0.378 e. The summed E-state index contributed by atoms with van der Waals surface area (Å²) < 4.78 is 5.39. The summed E-state index contributed by atoms with van der Waals surface area (Å²) in [5.74, 6) is 0.575. The lowest BCUT2D eigenvalue weighted by Gasteiger charge is -2.29. The smallest absolute Gasteiger partial charge is 0.0642 e. The number of anilines is 1. The van der Waals surface area contributed by atoms with Crippen LogP contribution in [0.2, 0.25) is 0 Å². The Hall–Kier alpha value is -1.06. The van der Waals surface area contributed by atoms with Crippen molar-refractivity contribution in [2.75, 3.05) is 37.7 Å². The van der Waals surface area contributed by atoms with Crippen LogP contribution in [0.5, 0.6) is 0 Å². The average molecular weight is 232 g/mol. The Kier molecular flexibility index (Phi) is 3.04. The van der Waals surface area contributed by atoms with E-state index >= 15 is 0 Å². The lowest BCUT2D eigenvalue weighted by Crippen LogP contribution is -2.36. The van der Waals surface area contributed by atoms with Crippen molar-refractivity contribution >= 4 is 5.69 Å². The standard InChI is InChI=1S/C14H20N2O/c15-10-12-2-1-11-3-4-13(9-14(11)12)16-5-7-17-8-6-16/h3-4,9,12H,1-2,5-8,10,15H2. The molecule has 0 amide bonds. The fourth-order valence-corrected chi connectivity index (χ4v) is 2.94. The summed E-state index contributed by atoms with van der Waals surface area (Å²) in [6, 6.07) is 6.89. The number of nitrogens with zero attached hydrogens (tertiary/aromatic N) is 1. The van der Waals surface area contributed by atoms with Crippen molar-refractivity contribution < 1.29 is 4.74 Å². The maximum Gasteiger partial charge on any atom is 0.0642 e. The van der Waals surface area contributed by atoms with E-state index in [9.17, 15) is 0 Å². The van der Waals surface area contributed by atoms with Crippen LogP contribution in [-0.4, -0.2) is 32.8 Å². The normalized spacial score (nSPS) is 23.8. The predicted molar refractivity (Wildman–Crippen MR) is 69.6 cm³/mol. The van der Waals surface area contributed by atoms with Crippen LogP contribution in [0.15, 0.2) is 18.2 Å². The van der Waals surface area contributed by atoms with Crippen LogP contribution in [0.4, 0.5) is 5.69 Å². The fraction of sp³-hybridized carbons (Fsp3) is 0.571. The minimum atomic E-state index is 0.575. The van der Waals surface area contributed by atoms with E-state index in [-0.39, 0.29) is 0 Å². The van der Waals surface area contributed by atoms with Gasteiger partial charge in [-0.05, 0) is 48.6 Å². The monoisotopic (exact) mass is 232 g/mol. The SMILES string of the molecule is NCC1CCc2ccc(N3CCOCC3)cc21. The van der Waals surface area contributed by atoms with Crippen LogP contribution in [0, 0.1) is 0 Å². The number of benzene rings is 1. The van der Waals surface area contributed by atoms with Gasteiger partial charge in [0.05, 0.1) is 13.2 Å². The molecule has 17 heavy (non-hydrogen) atoms. The molecule has 1 aromatic carbocycles. The molecular formula is C14H20N2O. The van der Waals surface area contributed by atoms with Crippen LogP contribution in [-0.2, 0) is 11.2 Å². The Bertz CT molecular complexity index is 399. The highest BCUT2D eigenvalue weighted by Crippen LogP contribution is 2.35. The van der Waals surface area contributed by atoms with Crippen LogP contribution >= 0.6 is 0 Å². The number of hydrogen-bond donors (Lipinski definition) is 1. The summed E-state index contributed by atoms with van der Waals surface area (Å²) in [6.07, 6.45) is 2.42. The van der Waals surface area contributed by atoms with E-state index in [2.05, 4.69) is 23.1 Å². The molecular weight excluding hydrogens is 212 g/mol. The van der Waals surface area contributed by atoms with Crippen molar-refractivity contribution in [3.8, 4) is 0 Å². The first-order valence-electron chi connectivity index (χ1n) is 6.54. The first-order chi connectivity index (χ1) is 8.38. The molecule has 0 spiro atoms. The number of hydrogen-bond acceptors (Lipinski definition) is 3. The molecule has 1 fully saturated rings. The Balaban J connectivity index is 1.86. The number of rotatable bonds is 2. The maximum absolute atomic E-state index is 5.84. The van der Waals surface area contributed by atoms with Gasteiger partial charge in [0, 0.05) is 18.8 Å². The molecule has 92 valence electrons. The van der Waals surface area contributed by atoms with Crippen LogP contribution in [0.1, 0.15) is 23.5 Å². The van der Waals surface area contributed by atoms with Crippen LogP contribution < -0.4 is 10.6 Å². The third-order valence-electron chi connectivity index (χ3n) is 3.99. The first kappa shape index (κ1) is 11.1. The zero-order valence-corrected chi connectivity index (χ0v) is 10.2. The van der Waals surface area contributed by atoms with Crippen molar-refractivity contribution in [3.63, 3.8) is 0 Å². The second-order valence-corrected chi connectivity index (χ2v) is 4.95. The number of nitrogens with two attached hydrogens (primary N) is 1. The molecule has 1 aliphatic heterocycles. The molecule has 0 radical (unpaired) electrons. The second-order valence-electron chi connectivity index (χ2n) is 4.95. The third kappa shape index (κ3) is 2.05. The third-order valence-corrected chi connectivity index (χ3v) is 3.99. The molecule has 0 aromatic heterocycles. The van der Waals surface area contributed by atoms with E-state index in [0.29, 0.717) is 5.92 Å². The molecule has 1 atom stereocenters. The molecule has 1 heterocycles. The lowest BCUT2D eigenvalue weighted by molar-refractivity contribution is 0.122. The molecule has 1 aromatic rings. The van der Waals surface area contributed by atoms with Gasteiger partial charge in [0.1, 0.15) is 0 Å². The van der Waals surface area contributed by atoms with Gasteiger partial charge in [-0.2, -0.15) is 0 Å². The number of morpholine rings is 1. The molecule has 1 unspecified atom stereocenters. The molecule has 2 aliphatic rings. The topological polar surface area (TPSA) is 38.5 Å². The van der Waals surface area contributed by atoms with Crippen molar-refractivity contribution in [1.82, 2.24) is 0 Å².